The van der Waals surface area contributed by atoms with E-state index in [9.17, 15) is 9.59 Å². The van der Waals surface area contributed by atoms with Gasteiger partial charge in [0.05, 0.1) is 5.71 Å². The van der Waals surface area contributed by atoms with Crippen LogP contribution in [0.5, 0.6) is 0 Å². The molecule has 4 aliphatic rings. The molecule has 3 fully saturated rings. The Morgan fingerprint density at radius 1 is 1.09 bits per heavy atom. The third kappa shape index (κ3) is 4.45. The number of ketones is 1. The van der Waals surface area contributed by atoms with Crippen molar-refractivity contribution in [1.29, 1.82) is 0 Å². The van der Waals surface area contributed by atoms with Gasteiger partial charge in [-0.05, 0) is 111 Å². The number of fused-ring (bicyclic) bond motifs is 5. The summed E-state index contributed by atoms with van der Waals surface area (Å²) in [6.07, 6.45) is 14.7. The maximum atomic E-state index is 12.4. The smallest absolute Gasteiger partial charge is 0.261 e. The van der Waals surface area contributed by atoms with E-state index in [1.807, 2.05) is 19.1 Å². The number of nitrogens with one attached hydrogen (secondary N) is 1. The summed E-state index contributed by atoms with van der Waals surface area (Å²) in [5.41, 5.74) is 3.90. The standard InChI is InChI=1S/C29H39N3O3/c1-19(33)24-6-7-25-23-5-4-21-16-22(8-12-28(21,2)26(23)9-13-29(24,25)3)32-35-18-27(34)31-17-20-10-14-30-15-11-20/h10-11,14-16,23-26H,4-9,12-13,17-18H2,1-3H3,(H,31,34)/t23-,24-,25+,26+,28-,29+/m0/s1. The molecule has 0 aromatic carbocycles. The van der Waals surface area contributed by atoms with Crippen molar-refractivity contribution in [2.45, 2.75) is 78.7 Å². The zero-order valence-corrected chi connectivity index (χ0v) is 21.4. The molecule has 1 amide bonds. The Morgan fingerprint density at radius 2 is 1.89 bits per heavy atom. The van der Waals surface area contributed by atoms with Crippen molar-refractivity contribution in [3.05, 3.63) is 41.7 Å². The lowest BCUT2D eigenvalue weighted by molar-refractivity contribution is -0.128. The summed E-state index contributed by atoms with van der Waals surface area (Å²) in [4.78, 5) is 33.9. The van der Waals surface area contributed by atoms with Gasteiger partial charge in [0.15, 0.2) is 6.61 Å². The normalized spacial score (nSPS) is 37.0. The first-order valence-corrected chi connectivity index (χ1v) is 13.4. The van der Waals surface area contributed by atoms with E-state index in [2.05, 4.69) is 35.4 Å². The summed E-state index contributed by atoms with van der Waals surface area (Å²) >= 11 is 0. The lowest BCUT2D eigenvalue weighted by atomic mass is 9.46. The van der Waals surface area contributed by atoms with Crippen molar-refractivity contribution < 1.29 is 14.4 Å². The largest absolute Gasteiger partial charge is 0.385 e. The Balaban J connectivity index is 1.20. The Bertz CT molecular complexity index is 1030. The number of hydrogen-bond donors (Lipinski definition) is 1. The molecule has 1 heterocycles. The van der Waals surface area contributed by atoms with Crippen LogP contribution < -0.4 is 5.32 Å². The fourth-order valence-electron chi connectivity index (χ4n) is 8.24. The molecule has 0 saturated heterocycles. The molecule has 0 unspecified atom stereocenters. The van der Waals surface area contributed by atoms with Crippen LogP contribution in [0.25, 0.3) is 0 Å². The van der Waals surface area contributed by atoms with Crippen LogP contribution in [0.4, 0.5) is 0 Å². The first-order chi connectivity index (χ1) is 16.8. The maximum Gasteiger partial charge on any atom is 0.261 e. The average molecular weight is 478 g/mol. The molecule has 0 aliphatic heterocycles. The number of allylic oxidation sites excluding steroid dienone is 2. The summed E-state index contributed by atoms with van der Waals surface area (Å²) in [7, 11) is 0. The van der Waals surface area contributed by atoms with Crippen LogP contribution in [-0.4, -0.2) is 29.0 Å². The van der Waals surface area contributed by atoms with Gasteiger partial charge in [-0.15, -0.1) is 0 Å². The van der Waals surface area contributed by atoms with E-state index < -0.39 is 0 Å². The molecule has 4 aliphatic carbocycles. The van der Waals surface area contributed by atoms with E-state index in [-0.39, 0.29) is 29.3 Å². The third-order valence-corrected chi connectivity index (χ3v) is 10.1. The SMILES string of the molecule is CC(=O)[C@@H]1CC[C@@H]2[C@@H]3CCC4=CC(=NOCC(=O)NCc5ccncc5)CC[C@]4(C)[C@@H]3CC[C@@]21C. The van der Waals surface area contributed by atoms with Crippen molar-refractivity contribution in [2.75, 3.05) is 6.61 Å². The van der Waals surface area contributed by atoms with E-state index >= 15 is 0 Å². The molecule has 1 aromatic rings. The fraction of sp³-hybridized carbons (Fsp3) is 0.655. The summed E-state index contributed by atoms with van der Waals surface area (Å²) in [5, 5.41) is 7.18. The highest BCUT2D eigenvalue weighted by atomic mass is 16.6. The van der Waals surface area contributed by atoms with Crippen LogP contribution in [0.15, 0.2) is 41.3 Å². The van der Waals surface area contributed by atoms with E-state index in [0.717, 1.165) is 42.9 Å². The minimum Gasteiger partial charge on any atom is -0.385 e. The molecule has 3 saturated carbocycles. The van der Waals surface area contributed by atoms with Gasteiger partial charge in [-0.25, -0.2) is 0 Å². The second-order valence-corrected chi connectivity index (χ2v) is 11.8. The second-order valence-electron chi connectivity index (χ2n) is 11.8. The first kappa shape index (κ1) is 24.2. The first-order valence-electron chi connectivity index (χ1n) is 13.4. The fourth-order valence-corrected chi connectivity index (χ4v) is 8.24. The summed E-state index contributed by atoms with van der Waals surface area (Å²) in [6, 6.07) is 3.75. The molecular weight excluding hydrogens is 438 g/mol. The molecule has 1 N–H and O–H groups in total. The van der Waals surface area contributed by atoms with Crippen molar-refractivity contribution in [1.82, 2.24) is 10.3 Å². The number of rotatable bonds is 6. The number of aromatic nitrogens is 1. The number of Topliss-reactive ketones (excluding diaryl/α,β-unsaturated/α-hetero) is 1. The summed E-state index contributed by atoms with van der Waals surface area (Å²) in [5.74, 6) is 2.62. The number of amides is 1. The van der Waals surface area contributed by atoms with Crippen LogP contribution in [0.1, 0.15) is 77.7 Å². The maximum absolute atomic E-state index is 12.4. The molecule has 6 nitrogen and oxygen atoms in total. The molecule has 0 spiro atoms. The second kappa shape index (κ2) is 9.51. The Hall–Kier alpha value is -2.50. The highest BCUT2D eigenvalue weighted by Crippen LogP contribution is 2.66. The lowest BCUT2D eigenvalue weighted by Crippen LogP contribution is -2.51. The molecule has 5 rings (SSSR count). The van der Waals surface area contributed by atoms with Crippen molar-refractivity contribution in [3.8, 4) is 0 Å². The summed E-state index contributed by atoms with van der Waals surface area (Å²) in [6.45, 7) is 7.08. The Kier molecular flexibility index (Phi) is 6.58. The van der Waals surface area contributed by atoms with E-state index in [1.165, 1.54) is 31.3 Å². The highest BCUT2D eigenvalue weighted by molar-refractivity contribution is 5.96. The average Bonchev–Trinajstić information content (AvgIpc) is 3.21. The van der Waals surface area contributed by atoms with Gasteiger partial charge in [-0.1, -0.05) is 24.6 Å². The van der Waals surface area contributed by atoms with Crippen LogP contribution in [-0.2, 0) is 21.0 Å². The molecule has 1 aromatic heterocycles. The Morgan fingerprint density at radius 3 is 2.66 bits per heavy atom. The van der Waals surface area contributed by atoms with Crippen LogP contribution in [0.2, 0.25) is 0 Å². The van der Waals surface area contributed by atoms with Gasteiger partial charge in [0.1, 0.15) is 5.78 Å². The van der Waals surface area contributed by atoms with Crippen LogP contribution in [0, 0.1) is 34.5 Å². The van der Waals surface area contributed by atoms with Crippen LogP contribution >= 0.6 is 0 Å². The van der Waals surface area contributed by atoms with Gasteiger partial charge in [0.25, 0.3) is 5.91 Å². The minimum absolute atomic E-state index is 0.0721. The van der Waals surface area contributed by atoms with Gasteiger partial charge < -0.3 is 10.2 Å². The molecule has 0 bridgehead atoms. The monoisotopic (exact) mass is 477 g/mol. The number of nitrogens with zero attached hydrogens (tertiary/aromatic N) is 2. The molecule has 6 heteroatoms. The topological polar surface area (TPSA) is 80.6 Å². The predicted octanol–water partition coefficient (Wildman–Crippen LogP) is 5.24. The molecule has 35 heavy (non-hydrogen) atoms. The van der Waals surface area contributed by atoms with E-state index in [4.69, 9.17) is 4.84 Å². The van der Waals surface area contributed by atoms with Gasteiger partial charge in [0.2, 0.25) is 0 Å². The number of hydrogen-bond acceptors (Lipinski definition) is 5. The third-order valence-electron chi connectivity index (χ3n) is 10.1. The summed E-state index contributed by atoms with van der Waals surface area (Å²) < 4.78 is 0. The molecule has 6 atom stereocenters. The van der Waals surface area contributed by atoms with E-state index in [0.29, 0.717) is 24.2 Å². The van der Waals surface area contributed by atoms with Crippen LogP contribution in [0.3, 0.4) is 0 Å². The Labute approximate surface area is 209 Å². The number of carbonyl (C=O) groups excluding carboxylic acids is 2. The lowest BCUT2D eigenvalue weighted by Gasteiger charge is -2.58. The highest BCUT2D eigenvalue weighted by Gasteiger charge is 2.59. The van der Waals surface area contributed by atoms with E-state index in [1.54, 1.807) is 12.4 Å². The van der Waals surface area contributed by atoms with Crippen molar-refractivity contribution in [2.24, 2.45) is 39.7 Å². The zero-order valence-electron chi connectivity index (χ0n) is 21.4. The van der Waals surface area contributed by atoms with Crippen molar-refractivity contribution in [3.63, 3.8) is 0 Å². The number of carbonyl (C=O) groups is 2. The molecular formula is C29H39N3O3. The predicted molar refractivity (Wildman–Crippen MR) is 135 cm³/mol. The van der Waals surface area contributed by atoms with Gasteiger partial charge in [-0.3, -0.25) is 14.6 Å². The van der Waals surface area contributed by atoms with Crippen molar-refractivity contribution >= 4 is 17.4 Å². The number of oxime groups is 1. The zero-order chi connectivity index (χ0) is 24.6. The van der Waals surface area contributed by atoms with Gasteiger partial charge in [0, 0.05) is 24.9 Å². The van der Waals surface area contributed by atoms with Gasteiger partial charge in [-0.2, -0.15) is 0 Å². The molecule has 188 valence electrons. The quantitative estimate of drug-likeness (QED) is 0.568. The van der Waals surface area contributed by atoms with Gasteiger partial charge >= 0.3 is 0 Å². The molecule has 0 radical (unpaired) electrons. The number of pyridine rings is 1. The minimum atomic E-state index is -0.175.